The quantitative estimate of drug-likeness (QED) is 0.907. The third-order valence-corrected chi connectivity index (χ3v) is 5.91. The molecular weight excluding hydrogens is 328 g/mol. The molecule has 6 nitrogen and oxygen atoms in total. The summed E-state index contributed by atoms with van der Waals surface area (Å²) >= 11 is 0. The van der Waals surface area contributed by atoms with Crippen molar-refractivity contribution in [2.24, 2.45) is 11.8 Å². The molecule has 2 aliphatic heterocycles. The molecule has 5 rings (SSSR count). The van der Waals surface area contributed by atoms with Gasteiger partial charge in [0.05, 0.1) is 13.2 Å². The Balaban J connectivity index is 1.43. The number of nitrogens with zero attached hydrogens (tertiary/aromatic N) is 3. The molecule has 2 aromatic rings. The topological polar surface area (TPSA) is 61.5 Å². The zero-order valence-electron chi connectivity index (χ0n) is 14.8. The molecular formula is C20H24N4O2. The summed E-state index contributed by atoms with van der Waals surface area (Å²) < 4.78 is 5.42. The molecule has 3 atom stereocenters. The van der Waals surface area contributed by atoms with E-state index in [1.165, 1.54) is 12.0 Å². The summed E-state index contributed by atoms with van der Waals surface area (Å²) in [6, 6.07) is 12.7. The van der Waals surface area contributed by atoms with E-state index in [1.54, 1.807) is 6.07 Å². The average Bonchev–Trinajstić information content (AvgIpc) is 3.37. The first-order valence-electron chi connectivity index (χ1n) is 9.52. The van der Waals surface area contributed by atoms with Crippen molar-refractivity contribution in [3.05, 3.63) is 52.3 Å². The molecule has 136 valence electrons. The van der Waals surface area contributed by atoms with E-state index >= 15 is 0 Å². The van der Waals surface area contributed by atoms with Crippen LogP contribution in [0.2, 0.25) is 0 Å². The number of aromatic amines is 1. The third kappa shape index (κ3) is 2.98. The number of fused-ring (bicyclic) bond motifs is 1. The largest absolute Gasteiger partial charge is 0.378 e. The highest BCUT2D eigenvalue weighted by atomic mass is 16.5. The van der Waals surface area contributed by atoms with E-state index in [0.29, 0.717) is 19.3 Å². The minimum Gasteiger partial charge on any atom is -0.378 e. The van der Waals surface area contributed by atoms with Gasteiger partial charge in [-0.1, -0.05) is 30.3 Å². The van der Waals surface area contributed by atoms with Crippen molar-refractivity contribution in [1.82, 2.24) is 9.97 Å². The second kappa shape index (κ2) is 6.43. The van der Waals surface area contributed by atoms with Crippen molar-refractivity contribution in [3.63, 3.8) is 0 Å². The molecule has 0 amide bonds. The standard InChI is InChI=1S/C20H24N4O2/c25-19-12-18(23-6-8-26-9-7-23)21-20(22-19)24-13-15-11-16(15)17(24)10-14-4-2-1-3-5-14/h1-5,12,15-17H,6-11,13H2,(H,21,22,25)/t15-,16-,17+/m1/s1. The predicted molar refractivity (Wildman–Crippen MR) is 101 cm³/mol. The second-order valence-corrected chi connectivity index (χ2v) is 7.60. The number of anilines is 2. The van der Waals surface area contributed by atoms with E-state index < -0.39 is 0 Å². The normalized spacial score (nSPS) is 27.5. The number of rotatable bonds is 4. The number of nitrogens with one attached hydrogen (secondary N) is 1. The lowest BCUT2D eigenvalue weighted by molar-refractivity contribution is 0.122. The van der Waals surface area contributed by atoms with Gasteiger partial charge in [-0.15, -0.1) is 0 Å². The van der Waals surface area contributed by atoms with Crippen molar-refractivity contribution >= 4 is 11.8 Å². The molecule has 26 heavy (non-hydrogen) atoms. The van der Waals surface area contributed by atoms with Crippen LogP contribution in [0, 0.1) is 11.8 Å². The zero-order chi connectivity index (χ0) is 17.5. The van der Waals surface area contributed by atoms with Crippen molar-refractivity contribution < 1.29 is 4.74 Å². The summed E-state index contributed by atoms with van der Waals surface area (Å²) in [5.74, 6) is 2.98. The summed E-state index contributed by atoms with van der Waals surface area (Å²) in [7, 11) is 0. The van der Waals surface area contributed by atoms with Crippen molar-refractivity contribution in [2.75, 3.05) is 42.6 Å². The van der Waals surface area contributed by atoms with Gasteiger partial charge >= 0.3 is 0 Å². The minimum absolute atomic E-state index is 0.0736. The van der Waals surface area contributed by atoms with E-state index in [9.17, 15) is 4.79 Å². The molecule has 0 bridgehead atoms. The highest BCUT2D eigenvalue weighted by Crippen LogP contribution is 2.51. The van der Waals surface area contributed by atoms with Crippen LogP contribution < -0.4 is 15.4 Å². The molecule has 1 aromatic carbocycles. The molecule has 3 heterocycles. The highest BCUT2D eigenvalue weighted by Gasteiger charge is 2.52. The number of piperidine rings is 1. The van der Waals surface area contributed by atoms with Gasteiger partial charge in [0, 0.05) is 31.7 Å². The van der Waals surface area contributed by atoms with Crippen LogP contribution in [-0.4, -0.2) is 48.9 Å². The van der Waals surface area contributed by atoms with Crippen LogP contribution in [0.15, 0.2) is 41.2 Å². The Morgan fingerprint density at radius 1 is 1.19 bits per heavy atom. The highest BCUT2D eigenvalue weighted by molar-refractivity contribution is 5.47. The van der Waals surface area contributed by atoms with Crippen LogP contribution >= 0.6 is 0 Å². The molecule has 2 saturated heterocycles. The first kappa shape index (κ1) is 15.9. The number of morpholine rings is 1. The van der Waals surface area contributed by atoms with Gasteiger partial charge in [0.25, 0.3) is 5.56 Å². The lowest BCUT2D eigenvalue weighted by atomic mass is 10.0. The molecule has 1 saturated carbocycles. The summed E-state index contributed by atoms with van der Waals surface area (Å²) in [5, 5.41) is 0. The van der Waals surface area contributed by atoms with Gasteiger partial charge in [0.1, 0.15) is 5.82 Å². The zero-order valence-corrected chi connectivity index (χ0v) is 14.8. The van der Waals surface area contributed by atoms with Crippen LogP contribution in [0.4, 0.5) is 11.8 Å². The molecule has 3 fully saturated rings. The Kier molecular flexibility index (Phi) is 3.93. The maximum atomic E-state index is 12.3. The Hall–Kier alpha value is -2.34. The Labute approximate surface area is 152 Å². The summed E-state index contributed by atoms with van der Waals surface area (Å²) in [6.45, 7) is 3.95. The van der Waals surface area contributed by atoms with Crippen LogP contribution in [0.1, 0.15) is 12.0 Å². The maximum Gasteiger partial charge on any atom is 0.254 e. The lowest BCUT2D eigenvalue weighted by Crippen LogP contribution is -2.40. The molecule has 1 aromatic heterocycles. The minimum atomic E-state index is -0.0736. The van der Waals surface area contributed by atoms with Gasteiger partial charge in [-0.05, 0) is 30.2 Å². The molecule has 1 aliphatic carbocycles. The van der Waals surface area contributed by atoms with Crippen LogP contribution in [-0.2, 0) is 11.2 Å². The molecule has 0 spiro atoms. The van der Waals surface area contributed by atoms with Crippen molar-refractivity contribution in [2.45, 2.75) is 18.9 Å². The Bertz CT molecular complexity index is 831. The molecule has 1 N–H and O–H groups in total. The smallest absolute Gasteiger partial charge is 0.254 e. The third-order valence-electron chi connectivity index (χ3n) is 5.91. The van der Waals surface area contributed by atoms with Gasteiger partial charge < -0.3 is 14.5 Å². The summed E-state index contributed by atoms with van der Waals surface area (Å²) in [5.41, 5.74) is 1.28. The molecule has 0 radical (unpaired) electrons. The van der Waals surface area contributed by atoms with Gasteiger partial charge in [0.15, 0.2) is 0 Å². The number of benzene rings is 1. The fourth-order valence-corrected chi connectivity index (χ4v) is 4.45. The van der Waals surface area contributed by atoms with Crippen molar-refractivity contribution in [1.29, 1.82) is 0 Å². The van der Waals surface area contributed by atoms with Crippen LogP contribution in [0.5, 0.6) is 0 Å². The fourth-order valence-electron chi connectivity index (χ4n) is 4.45. The maximum absolute atomic E-state index is 12.3. The fraction of sp³-hybridized carbons (Fsp3) is 0.500. The number of hydrogen-bond acceptors (Lipinski definition) is 5. The van der Waals surface area contributed by atoms with Gasteiger partial charge in [-0.25, -0.2) is 0 Å². The number of ether oxygens (including phenoxy) is 1. The summed E-state index contributed by atoms with van der Waals surface area (Å²) in [6.07, 6.45) is 2.31. The Morgan fingerprint density at radius 3 is 2.81 bits per heavy atom. The molecule has 6 heteroatoms. The SMILES string of the molecule is O=c1cc(N2CCOCC2)nc(N2C[C@H]3C[C@H]3[C@@H]2Cc2ccccc2)[nH]1. The van der Waals surface area contributed by atoms with Gasteiger partial charge in [0.2, 0.25) is 5.95 Å². The predicted octanol–water partition coefficient (Wildman–Crippen LogP) is 1.67. The molecule has 3 aliphatic rings. The van der Waals surface area contributed by atoms with Crippen LogP contribution in [0.3, 0.4) is 0 Å². The monoisotopic (exact) mass is 352 g/mol. The number of aromatic nitrogens is 2. The van der Waals surface area contributed by atoms with Gasteiger partial charge in [-0.2, -0.15) is 4.98 Å². The van der Waals surface area contributed by atoms with E-state index in [4.69, 9.17) is 9.72 Å². The lowest BCUT2D eigenvalue weighted by Gasteiger charge is -2.31. The summed E-state index contributed by atoms with van der Waals surface area (Å²) in [4.78, 5) is 24.6. The van der Waals surface area contributed by atoms with E-state index in [2.05, 4.69) is 45.1 Å². The number of hydrogen-bond donors (Lipinski definition) is 1. The van der Waals surface area contributed by atoms with E-state index in [0.717, 1.165) is 49.7 Å². The molecule has 0 unspecified atom stereocenters. The van der Waals surface area contributed by atoms with E-state index in [1.807, 2.05) is 0 Å². The second-order valence-electron chi connectivity index (χ2n) is 7.60. The van der Waals surface area contributed by atoms with Crippen molar-refractivity contribution in [3.8, 4) is 0 Å². The first-order valence-corrected chi connectivity index (χ1v) is 9.52. The number of H-pyrrole nitrogens is 1. The average molecular weight is 352 g/mol. The first-order chi connectivity index (χ1) is 12.8. The van der Waals surface area contributed by atoms with Gasteiger partial charge in [-0.3, -0.25) is 9.78 Å². The Morgan fingerprint density at radius 2 is 2.00 bits per heavy atom. The van der Waals surface area contributed by atoms with Crippen LogP contribution in [0.25, 0.3) is 0 Å². The van der Waals surface area contributed by atoms with E-state index in [-0.39, 0.29) is 5.56 Å².